The Morgan fingerprint density at radius 2 is 1.92 bits per heavy atom. The zero-order valence-corrected chi connectivity index (χ0v) is 16.4. The number of likely N-dealkylation sites (tertiary alicyclic amines) is 2. The standard InChI is InChI=1S/C20H31N3O2S/c24-19(21-10-7-13-22-11-3-1-2-4-12-22)17-8-5-14-23(16-17)20(25)18-9-6-15-26-18/h6,9,15,17H,1-5,7-8,10-14,16H2,(H,21,24). The molecule has 0 spiro atoms. The second-order valence-electron chi connectivity index (χ2n) is 7.47. The molecule has 6 heteroatoms. The van der Waals surface area contributed by atoms with Gasteiger partial charge in [-0.1, -0.05) is 18.9 Å². The molecule has 1 aromatic rings. The van der Waals surface area contributed by atoms with Crippen LogP contribution in [-0.2, 0) is 4.79 Å². The SMILES string of the molecule is O=C(NCCCN1CCCCCC1)C1CCCN(C(=O)c2cccs2)C1. The number of carbonyl (C=O) groups excluding carboxylic acids is 2. The number of hydrogen-bond acceptors (Lipinski definition) is 4. The largest absolute Gasteiger partial charge is 0.356 e. The van der Waals surface area contributed by atoms with Crippen LogP contribution in [0.5, 0.6) is 0 Å². The summed E-state index contributed by atoms with van der Waals surface area (Å²) in [4.78, 5) is 30.1. The van der Waals surface area contributed by atoms with E-state index in [9.17, 15) is 9.59 Å². The van der Waals surface area contributed by atoms with E-state index in [1.54, 1.807) is 0 Å². The van der Waals surface area contributed by atoms with Crippen LogP contribution < -0.4 is 5.32 Å². The van der Waals surface area contributed by atoms with E-state index in [2.05, 4.69) is 10.2 Å². The molecule has 5 nitrogen and oxygen atoms in total. The first-order valence-corrected chi connectivity index (χ1v) is 10.9. The molecule has 2 amide bonds. The van der Waals surface area contributed by atoms with E-state index in [4.69, 9.17) is 0 Å². The van der Waals surface area contributed by atoms with Crippen molar-refractivity contribution >= 4 is 23.2 Å². The van der Waals surface area contributed by atoms with Crippen molar-refractivity contribution in [1.29, 1.82) is 0 Å². The Bertz CT molecular complexity index is 568. The summed E-state index contributed by atoms with van der Waals surface area (Å²) in [5, 5.41) is 5.02. The Hall–Kier alpha value is -1.40. The second kappa shape index (κ2) is 10.1. The number of amides is 2. The zero-order valence-electron chi connectivity index (χ0n) is 15.6. The van der Waals surface area contributed by atoms with Crippen LogP contribution in [0, 0.1) is 5.92 Å². The molecule has 0 aliphatic carbocycles. The van der Waals surface area contributed by atoms with Gasteiger partial charge in [-0.05, 0) is 63.2 Å². The van der Waals surface area contributed by atoms with Gasteiger partial charge in [-0.15, -0.1) is 11.3 Å². The van der Waals surface area contributed by atoms with Crippen LogP contribution in [0.15, 0.2) is 17.5 Å². The molecule has 2 aliphatic heterocycles. The molecular weight excluding hydrogens is 346 g/mol. The second-order valence-corrected chi connectivity index (χ2v) is 8.42. The van der Waals surface area contributed by atoms with E-state index in [1.807, 2.05) is 22.4 Å². The number of carbonyl (C=O) groups is 2. The minimum Gasteiger partial charge on any atom is -0.356 e. The lowest BCUT2D eigenvalue weighted by atomic mass is 9.97. The lowest BCUT2D eigenvalue weighted by Crippen LogP contribution is -2.45. The van der Waals surface area contributed by atoms with Crippen LogP contribution in [0.25, 0.3) is 0 Å². The van der Waals surface area contributed by atoms with Crippen molar-refractivity contribution in [3.63, 3.8) is 0 Å². The zero-order chi connectivity index (χ0) is 18.2. The van der Waals surface area contributed by atoms with Crippen LogP contribution in [0.2, 0.25) is 0 Å². The van der Waals surface area contributed by atoms with Crippen LogP contribution >= 0.6 is 11.3 Å². The first-order chi connectivity index (χ1) is 12.7. The van der Waals surface area contributed by atoms with Gasteiger partial charge in [0.25, 0.3) is 5.91 Å². The Balaban J connectivity index is 1.38. The highest BCUT2D eigenvalue weighted by molar-refractivity contribution is 7.12. The normalized spacial score (nSPS) is 22.0. The maximum Gasteiger partial charge on any atom is 0.263 e. The van der Waals surface area contributed by atoms with Gasteiger partial charge in [-0.25, -0.2) is 0 Å². The van der Waals surface area contributed by atoms with Gasteiger partial charge in [0.15, 0.2) is 0 Å². The third kappa shape index (κ3) is 5.55. The van der Waals surface area contributed by atoms with Crippen molar-refractivity contribution in [1.82, 2.24) is 15.1 Å². The van der Waals surface area contributed by atoms with E-state index in [1.165, 1.54) is 50.1 Å². The van der Waals surface area contributed by atoms with E-state index in [0.29, 0.717) is 6.54 Å². The minimum absolute atomic E-state index is 0.0640. The maximum atomic E-state index is 12.5. The van der Waals surface area contributed by atoms with Crippen LogP contribution in [-0.4, -0.2) is 60.9 Å². The summed E-state index contributed by atoms with van der Waals surface area (Å²) in [6.45, 7) is 5.54. The summed E-state index contributed by atoms with van der Waals surface area (Å²) in [6.07, 6.45) is 8.13. The lowest BCUT2D eigenvalue weighted by Gasteiger charge is -2.31. The molecule has 26 heavy (non-hydrogen) atoms. The fourth-order valence-corrected chi connectivity index (χ4v) is 4.64. The highest BCUT2D eigenvalue weighted by Gasteiger charge is 2.29. The van der Waals surface area contributed by atoms with Crippen molar-refractivity contribution in [3.05, 3.63) is 22.4 Å². The lowest BCUT2D eigenvalue weighted by molar-refractivity contribution is -0.126. The number of hydrogen-bond donors (Lipinski definition) is 1. The predicted octanol–water partition coefficient (Wildman–Crippen LogP) is 2.98. The number of rotatable bonds is 6. The van der Waals surface area contributed by atoms with Gasteiger partial charge in [0.05, 0.1) is 10.8 Å². The van der Waals surface area contributed by atoms with Gasteiger partial charge < -0.3 is 15.1 Å². The molecule has 0 saturated carbocycles. The van der Waals surface area contributed by atoms with Crippen molar-refractivity contribution in [2.75, 3.05) is 39.3 Å². The molecule has 1 atom stereocenters. The fraction of sp³-hybridized carbons (Fsp3) is 0.700. The molecule has 3 heterocycles. The molecule has 1 N–H and O–H groups in total. The highest BCUT2D eigenvalue weighted by atomic mass is 32.1. The van der Waals surface area contributed by atoms with Gasteiger partial charge >= 0.3 is 0 Å². The van der Waals surface area contributed by atoms with Crippen molar-refractivity contribution < 1.29 is 9.59 Å². The van der Waals surface area contributed by atoms with E-state index in [0.717, 1.165) is 43.8 Å². The summed E-state index contributed by atoms with van der Waals surface area (Å²) in [5.41, 5.74) is 0. The number of nitrogens with zero attached hydrogens (tertiary/aromatic N) is 2. The van der Waals surface area contributed by atoms with E-state index in [-0.39, 0.29) is 17.7 Å². The fourth-order valence-electron chi connectivity index (χ4n) is 3.95. The molecular formula is C20H31N3O2S. The molecule has 1 unspecified atom stereocenters. The average molecular weight is 378 g/mol. The molecule has 0 radical (unpaired) electrons. The summed E-state index contributed by atoms with van der Waals surface area (Å²) >= 11 is 1.47. The third-order valence-electron chi connectivity index (χ3n) is 5.46. The first kappa shape index (κ1) is 19.4. The Labute approximate surface area is 160 Å². The Morgan fingerprint density at radius 1 is 1.12 bits per heavy atom. The van der Waals surface area contributed by atoms with Crippen molar-refractivity contribution in [2.45, 2.75) is 44.9 Å². The molecule has 2 fully saturated rings. The highest BCUT2D eigenvalue weighted by Crippen LogP contribution is 2.20. The van der Waals surface area contributed by atoms with Gasteiger partial charge in [-0.2, -0.15) is 0 Å². The van der Waals surface area contributed by atoms with Gasteiger partial charge in [0.2, 0.25) is 5.91 Å². The Morgan fingerprint density at radius 3 is 2.65 bits per heavy atom. The molecule has 0 aromatic carbocycles. The molecule has 2 saturated heterocycles. The van der Waals surface area contributed by atoms with Gasteiger partial charge in [0.1, 0.15) is 0 Å². The topological polar surface area (TPSA) is 52.7 Å². The molecule has 3 rings (SSSR count). The number of piperidine rings is 1. The molecule has 1 aromatic heterocycles. The van der Waals surface area contributed by atoms with E-state index < -0.39 is 0 Å². The van der Waals surface area contributed by atoms with Crippen LogP contribution in [0.3, 0.4) is 0 Å². The number of thiophene rings is 1. The number of nitrogens with one attached hydrogen (secondary N) is 1. The summed E-state index contributed by atoms with van der Waals surface area (Å²) in [7, 11) is 0. The van der Waals surface area contributed by atoms with Crippen LogP contribution in [0.1, 0.15) is 54.6 Å². The van der Waals surface area contributed by atoms with Crippen molar-refractivity contribution in [2.24, 2.45) is 5.92 Å². The molecule has 2 aliphatic rings. The maximum absolute atomic E-state index is 12.5. The summed E-state index contributed by atoms with van der Waals surface area (Å²) in [5.74, 6) is 0.119. The summed E-state index contributed by atoms with van der Waals surface area (Å²) < 4.78 is 0. The average Bonchev–Trinajstić information content (AvgIpc) is 3.09. The molecule has 144 valence electrons. The monoisotopic (exact) mass is 377 g/mol. The smallest absolute Gasteiger partial charge is 0.263 e. The third-order valence-corrected chi connectivity index (χ3v) is 6.32. The van der Waals surface area contributed by atoms with Crippen LogP contribution in [0.4, 0.5) is 0 Å². The predicted molar refractivity (Wildman–Crippen MR) is 105 cm³/mol. The minimum atomic E-state index is -0.0640. The Kier molecular flexibility index (Phi) is 7.50. The quantitative estimate of drug-likeness (QED) is 0.776. The van der Waals surface area contributed by atoms with Crippen molar-refractivity contribution in [3.8, 4) is 0 Å². The van der Waals surface area contributed by atoms with Gasteiger partial charge in [-0.3, -0.25) is 9.59 Å². The first-order valence-electron chi connectivity index (χ1n) is 10.1. The summed E-state index contributed by atoms with van der Waals surface area (Å²) in [6, 6.07) is 3.76. The van der Waals surface area contributed by atoms with Gasteiger partial charge in [0, 0.05) is 19.6 Å². The molecule has 0 bridgehead atoms. The van der Waals surface area contributed by atoms with E-state index >= 15 is 0 Å².